The average molecular weight is 237 g/mol. The zero-order valence-corrected chi connectivity index (χ0v) is 9.63. The Hall–Kier alpha value is -2.04. The molecule has 0 radical (unpaired) electrons. The Labute approximate surface area is 99.3 Å². The summed E-state index contributed by atoms with van der Waals surface area (Å²) in [5, 5.41) is 8.68. The molecular weight excluding hydrogens is 222 g/mol. The van der Waals surface area contributed by atoms with Crippen molar-refractivity contribution in [2.75, 3.05) is 13.1 Å². The Balaban J connectivity index is 2.61. The fraction of sp³-hybridized carbons (Fsp3) is 0.333. The number of hydrogen-bond acceptors (Lipinski definition) is 3. The molecule has 0 bridgehead atoms. The molecule has 1 rings (SSSR count). The minimum absolute atomic E-state index is 0.283. The van der Waals surface area contributed by atoms with E-state index >= 15 is 0 Å². The van der Waals surface area contributed by atoms with Gasteiger partial charge in [0.15, 0.2) is 0 Å². The molecule has 17 heavy (non-hydrogen) atoms. The van der Waals surface area contributed by atoms with Crippen molar-refractivity contribution in [1.29, 1.82) is 0 Å². The lowest BCUT2D eigenvalue weighted by Gasteiger charge is -2.17. The summed E-state index contributed by atoms with van der Waals surface area (Å²) < 4.78 is 5.03. The van der Waals surface area contributed by atoms with Gasteiger partial charge in [-0.05, 0) is 24.6 Å². The lowest BCUT2D eigenvalue weighted by molar-refractivity contribution is -0.142. The van der Waals surface area contributed by atoms with E-state index in [0.29, 0.717) is 18.7 Å². The number of carboxylic acid groups (broad SMARTS) is 1. The van der Waals surface area contributed by atoms with Crippen molar-refractivity contribution < 1.29 is 19.1 Å². The quantitative estimate of drug-likeness (QED) is 0.763. The van der Waals surface area contributed by atoms with E-state index in [-0.39, 0.29) is 12.5 Å². The first-order chi connectivity index (χ1) is 8.13. The maximum absolute atomic E-state index is 11.7. The number of aliphatic carboxylic acids is 1. The van der Waals surface area contributed by atoms with Crippen LogP contribution in [0, 0.1) is 0 Å². The van der Waals surface area contributed by atoms with Gasteiger partial charge in [0.25, 0.3) is 0 Å². The number of furan rings is 1. The third-order valence-electron chi connectivity index (χ3n) is 2.06. The third kappa shape index (κ3) is 4.55. The van der Waals surface area contributed by atoms with E-state index in [1.807, 2.05) is 6.92 Å². The molecule has 0 unspecified atom stereocenters. The number of hydrogen-bond donors (Lipinski definition) is 1. The van der Waals surface area contributed by atoms with Gasteiger partial charge >= 0.3 is 5.97 Å². The van der Waals surface area contributed by atoms with Crippen LogP contribution in [0.15, 0.2) is 28.9 Å². The number of nitrogens with zero attached hydrogens (tertiary/aromatic N) is 1. The number of rotatable bonds is 6. The van der Waals surface area contributed by atoms with Crippen LogP contribution in [-0.4, -0.2) is 35.0 Å². The monoisotopic (exact) mass is 237 g/mol. The number of carbonyl (C=O) groups is 2. The molecule has 0 aromatic carbocycles. The molecule has 1 aromatic heterocycles. The van der Waals surface area contributed by atoms with Gasteiger partial charge in [-0.25, -0.2) is 0 Å². The van der Waals surface area contributed by atoms with Gasteiger partial charge in [-0.3, -0.25) is 9.59 Å². The summed E-state index contributed by atoms with van der Waals surface area (Å²) in [4.78, 5) is 23.6. The topological polar surface area (TPSA) is 70.8 Å². The normalized spacial score (nSPS) is 10.6. The second-order valence-electron chi connectivity index (χ2n) is 3.50. The van der Waals surface area contributed by atoms with Crippen LogP contribution in [0.5, 0.6) is 0 Å². The molecule has 0 fully saturated rings. The average Bonchev–Trinajstić information content (AvgIpc) is 2.77. The highest BCUT2D eigenvalue weighted by molar-refractivity contribution is 5.93. The highest BCUT2D eigenvalue weighted by atomic mass is 16.4. The van der Waals surface area contributed by atoms with Crippen molar-refractivity contribution in [1.82, 2.24) is 4.90 Å². The molecule has 0 aliphatic carbocycles. The molecule has 5 heteroatoms. The van der Waals surface area contributed by atoms with E-state index in [0.717, 1.165) is 0 Å². The minimum atomic E-state index is -1.02. The molecule has 0 saturated carbocycles. The van der Waals surface area contributed by atoms with Crippen molar-refractivity contribution >= 4 is 18.0 Å². The molecule has 0 spiro atoms. The first-order valence-corrected chi connectivity index (χ1v) is 5.35. The highest BCUT2D eigenvalue weighted by Crippen LogP contribution is 2.03. The van der Waals surface area contributed by atoms with Crippen LogP contribution in [-0.2, 0) is 9.59 Å². The van der Waals surface area contributed by atoms with Crippen LogP contribution < -0.4 is 0 Å². The molecule has 0 saturated heterocycles. The number of carboxylic acids is 1. The summed E-state index contributed by atoms with van der Waals surface area (Å²) in [6.07, 6.45) is 5.06. The molecule has 92 valence electrons. The van der Waals surface area contributed by atoms with E-state index in [1.54, 1.807) is 12.1 Å². The van der Waals surface area contributed by atoms with Crippen LogP contribution in [0.2, 0.25) is 0 Å². The standard InChI is InChI=1S/C12H15NO4/c1-2-7-13(9-12(15)16)11(14)6-5-10-4-3-8-17-10/h3-6,8H,2,7,9H2,1H3,(H,15,16)/b6-5+. The van der Waals surface area contributed by atoms with Crippen molar-refractivity contribution in [3.8, 4) is 0 Å². The molecule has 0 atom stereocenters. The molecular formula is C12H15NO4. The number of amides is 1. The fourth-order valence-electron chi connectivity index (χ4n) is 1.35. The third-order valence-corrected chi connectivity index (χ3v) is 2.06. The van der Waals surface area contributed by atoms with E-state index in [1.165, 1.54) is 23.3 Å². The van der Waals surface area contributed by atoms with Crippen LogP contribution in [0.1, 0.15) is 19.1 Å². The maximum atomic E-state index is 11.7. The summed E-state index contributed by atoms with van der Waals surface area (Å²) >= 11 is 0. The SMILES string of the molecule is CCCN(CC(=O)O)C(=O)/C=C/c1ccco1. The number of carbonyl (C=O) groups excluding carboxylic acids is 1. The summed E-state index contributed by atoms with van der Waals surface area (Å²) in [5.74, 6) is -0.783. The second-order valence-corrected chi connectivity index (χ2v) is 3.50. The summed E-state index contributed by atoms with van der Waals surface area (Å²) in [6, 6.07) is 3.43. The van der Waals surface area contributed by atoms with Crippen LogP contribution >= 0.6 is 0 Å². The molecule has 0 aliphatic heterocycles. The summed E-state index contributed by atoms with van der Waals surface area (Å²) in [5.41, 5.74) is 0. The molecule has 1 aromatic rings. The fourth-order valence-corrected chi connectivity index (χ4v) is 1.35. The molecule has 1 N–H and O–H groups in total. The highest BCUT2D eigenvalue weighted by Gasteiger charge is 2.12. The predicted molar refractivity (Wildman–Crippen MR) is 62.2 cm³/mol. The first-order valence-electron chi connectivity index (χ1n) is 5.35. The van der Waals surface area contributed by atoms with Crippen molar-refractivity contribution in [3.05, 3.63) is 30.2 Å². The predicted octanol–water partition coefficient (Wildman–Crippen LogP) is 1.62. The maximum Gasteiger partial charge on any atom is 0.323 e. The van der Waals surface area contributed by atoms with E-state index in [2.05, 4.69) is 0 Å². The zero-order valence-electron chi connectivity index (χ0n) is 9.63. The van der Waals surface area contributed by atoms with Gasteiger partial charge in [0.1, 0.15) is 12.3 Å². The lowest BCUT2D eigenvalue weighted by atomic mass is 10.3. The second kappa shape index (κ2) is 6.52. The van der Waals surface area contributed by atoms with Crippen molar-refractivity contribution in [2.24, 2.45) is 0 Å². The van der Waals surface area contributed by atoms with E-state index in [9.17, 15) is 9.59 Å². The van der Waals surface area contributed by atoms with Gasteiger partial charge in [-0.2, -0.15) is 0 Å². The van der Waals surface area contributed by atoms with E-state index < -0.39 is 5.97 Å². The Morgan fingerprint density at radius 2 is 2.29 bits per heavy atom. The molecule has 0 aliphatic rings. The van der Waals surface area contributed by atoms with Crippen LogP contribution in [0.4, 0.5) is 0 Å². The Morgan fingerprint density at radius 1 is 1.53 bits per heavy atom. The lowest BCUT2D eigenvalue weighted by Crippen LogP contribution is -2.35. The first kappa shape index (κ1) is 13.0. The van der Waals surface area contributed by atoms with Crippen molar-refractivity contribution in [2.45, 2.75) is 13.3 Å². The van der Waals surface area contributed by atoms with Gasteiger partial charge in [-0.1, -0.05) is 6.92 Å². The van der Waals surface area contributed by atoms with Gasteiger partial charge in [-0.15, -0.1) is 0 Å². The van der Waals surface area contributed by atoms with Gasteiger partial charge < -0.3 is 14.4 Å². The molecule has 1 heterocycles. The smallest absolute Gasteiger partial charge is 0.323 e. The summed E-state index contributed by atoms with van der Waals surface area (Å²) in [6.45, 7) is 2.03. The Bertz CT molecular complexity index is 395. The van der Waals surface area contributed by atoms with Crippen LogP contribution in [0.3, 0.4) is 0 Å². The largest absolute Gasteiger partial charge is 0.480 e. The Morgan fingerprint density at radius 3 is 2.82 bits per heavy atom. The zero-order chi connectivity index (χ0) is 12.7. The van der Waals surface area contributed by atoms with Gasteiger partial charge in [0.05, 0.1) is 6.26 Å². The van der Waals surface area contributed by atoms with Gasteiger partial charge in [0.2, 0.25) is 5.91 Å². The van der Waals surface area contributed by atoms with Gasteiger partial charge in [0, 0.05) is 12.6 Å². The Kier molecular flexibility index (Phi) is 5.00. The molecule has 5 nitrogen and oxygen atoms in total. The van der Waals surface area contributed by atoms with E-state index in [4.69, 9.17) is 9.52 Å². The van der Waals surface area contributed by atoms with Crippen molar-refractivity contribution in [3.63, 3.8) is 0 Å². The van der Waals surface area contributed by atoms with Crippen LogP contribution in [0.25, 0.3) is 6.08 Å². The minimum Gasteiger partial charge on any atom is -0.480 e. The summed E-state index contributed by atoms with van der Waals surface area (Å²) in [7, 11) is 0. The molecule has 1 amide bonds.